The normalized spacial score (nSPS) is 14.1. The third kappa shape index (κ3) is 7.42. The second-order valence-electron chi connectivity index (χ2n) is 11.3. The Balaban J connectivity index is 1.18. The van der Waals surface area contributed by atoms with Crippen LogP contribution in [0.25, 0.3) is 16.9 Å². The summed E-state index contributed by atoms with van der Waals surface area (Å²) >= 11 is 6.28. The molecule has 3 aromatic heterocycles. The van der Waals surface area contributed by atoms with Crippen molar-refractivity contribution in [2.45, 2.75) is 44.8 Å². The van der Waals surface area contributed by atoms with Gasteiger partial charge in [-0.3, -0.25) is 14.3 Å². The molecule has 0 bridgehead atoms. The molecule has 0 saturated carbocycles. The number of likely N-dealkylation sites (tertiary alicyclic amines) is 1. The van der Waals surface area contributed by atoms with Crippen LogP contribution in [0.4, 0.5) is 20.3 Å². The Morgan fingerprint density at radius 1 is 1.06 bits per heavy atom. The monoisotopic (exact) mass is 662 g/mol. The van der Waals surface area contributed by atoms with Gasteiger partial charge in [0.2, 0.25) is 0 Å². The molecule has 0 spiro atoms. The molecule has 1 fully saturated rings. The van der Waals surface area contributed by atoms with E-state index in [1.807, 2.05) is 30.3 Å². The van der Waals surface area contributed by atoms with Crippen LogP contribution in [-0.4, -0.2) is 67.2 Å². The number of hydrogen-bond donors (Lipinski definition) is 2. The third-order valence-corrected chi connectivity index (χ3v) is 8.43. The molecular formula is C33H33ClF2N8O3. The topological polar surface area (TPSA) is 133 Å². The van der Waals surface area contributed by atoms with Gasteiger partial charge < -0.3 is 20.7 Å². The summed E-state index contributed by atoms with van der Waals surface area (Å²) in [6.07, 6.45) is 8.62. The summed E-state index contributed by atoms with van der Waals surface area (Å²) in [7, 11) is 0. The number of nitrogen functional groups attached to an aromatic ring is 1. The summed E-state index contributed by atoms with van der Waals surface area (Å²) in [4.78, 5) is 32.6. The van der Waals surface area contributed by atoms with E-state index < -0.39 is 12.5 Å². The maximum atomic E-state index is 13.6. The van der Waals surface area contributed by atoms with Crippen molar-refractivity contribution < 1.29 is 23.1 Å². The van der Waals surface area contributed by atoms with E-state index in [-0.39, 0.29) is 56.6 Å². The van der Waals surface area contributed by atoms with Crippen LogP contribution in [0.5, 0.6) is 5.75 Å². The molecule has 0 atom stereocenters. The fourth-order valence-corrected chi connectivity index (χ4v) is 6.03. The number of ether oxygens (including phenoxy) is 1. The van der Waals surface area contributed by atoms with Crippen LogP contribution < -0.4 is 15.8 Å². The van der Waals surface area contributed by atoms with Crippen molar-refractivity contribution in [3.05, 3.63) is 89.3 Å². The number of piperidine rings is 1. The van der Waals surface area contributed by atoms with Gasteiger partial charge in [-0.15, -0.1) is 5.10 Å². The molecule has 4 heterocycles. The summed E-state index contributed by atoms with van der Waals surface area (Å²) in [6, 6.07) is 15.2. The molecule has 14 heteroatoms. The Bertz CT molecular complexity index is 1870. The minimum atomic E-state index is -3.08. The Labute approximate surface area is 274 Å². The molecule has 0 radical (unpaired) electrons. The molecule has 0 aliphatic carbocycles. The number of fused-ring (bicyclic) bond motifs is 1. The summed E-state index contributed by atoms with van der Waals surface area (Å²) in [5, 5.41) is 12.1. The minimum absolute atomic E-state index is 0.0160. The number of amides is 1. The summed E-state index contributed by atoms with van der Waals surface area (Å²) < 4.78 is 34.7. The van der Waals surface area contributed by atoms with Crippen molar-refractivity contribution in [2.75, 3.05) is 30.7 Å². The standard InChI is InChI=1S/C33H33ClF2N8O3/c34-22-10-11-27(47-33(35)36)24(19-22)29-25(39-32(46)28-30(37)41-43-16-6-14-38-31(28)43)20-44(40-29)23-12-17-42(18-13-23)15-5-4-9-26(45)21-7-2-1-3-8-21/h1-3,6-8,10-11,14,16,19-20,23,33H,4-5,9,12-13,15,17-18H2,(H2,37,41)(H,39,46). The first-order chi connectivity index (χ1) is 22.8. The maximum Gasteiger partial charge on any atom is 0.387 e. The van der Waals surface area contributed by atoms with E-state index in [2.05, 4.69) is 20.3 Å². The van der Waals surface area contributed by atoms with Gasteiger partial charge >= 0.3 is 6.61 Å². The SMILES string of the molecule is Nc1nn2cccnc2c1C(=O)Nc1cn(C2CCN(CCCCC(=O)c3ccccc3)CC2)nc1-c1cc(Cl)ccc1OC(F)F. The van der Waals surface area contributed by atoms with E-state index in [1.165, 1.54) is 28.9 Å². The van der Waals surface area contributed by atoms with Gasteiger partial charge in [0.1, 0.15) is 17.0 Å². The number of rotatable bonds is 12. The van der Waals surface area contributed by atoms with Crippen LogP contribution in [-0.2, 0) is 0 Å². The van der Waals surface area contributed by atoms with Crippen LogP contribution in [0.3, 0.4) is 0 Å². The molecule has 244 valence electrons. The van der Waals surface area contributed by atoms with Crippen LogP contribution in [0.2, 0.25) is 5.02 Å². The van der Waals surface area contributed by atoms with E-state index in [0.29, 0.717) is 6.42 Å². The molecular weight excluding hydrogens is 630 g/mol. The smallest absolute Gasteiger partial charge is 0.387 e. The number of ketones is 1. The zero-order valence-electron chi connectivity index (χ0n) is 25.4. The number of unbranched alkanes of at least 4 members (excludes halogenated alkanes) is 1. The number of carbonyl (C=O) groups excluding carboxylic acids is 2. The maximum absolute atomic E-state index is 13.6. The average molecular weight is 663 g/mol. The lowest BCUT2D eigenvalue weighted by molar-refractivity contribution is -0.0494. The highest BCUT2D eigenvalue weighted by atomic mass is 35.5. The van der Waals surface area contributed by atoms with Crippen molar-refractivity contribution >= 4 is 40.4 Å². The number of aromatic nitrogens is 5. The summed E-state index contributed by atoms with van der Waals surface area (Å²) in [5.41, 5.74) is 7.82. The largest absolute Gasteiger partial charge is 0.434 e. The number of carbonyl (C=O) groups is 2. The number of Topliss-reactive ketones (excluding diaryl/α,β-unsaturated/α-hetero) is 1. The van der Waals surface area contributed by atoms with Gasteiger partial charge in [-0.2, -0.15) is 13.9 Å². The lowest BCUT2D eigenvalue weighted by Gasteiger charge is -2.32. The molecule has 6 rings (SSSR count). The minimum Gasteiger partial charge on any atom is -0.434 e. The predicted octanol–water partition coefficient (Wildman–Crippen LogP) is 6.37. The second kappa shape index (κ2) is 14.3. The van der Waals surface area contributed by atoms with Crippen LogP contribution in [0.15, 0.2) is 73.2 Å². The van der Waals surface area contributed by atoms with Crippen molar-refractivity contribution in [3.63, 3.8) is 0 Å². The van der Waals surface area contributed by atoms with Gasteiger partial charge in [-0.1, -0.05) is 41.9 Å². The quantitative estimate of drug-likeness (QED) is 0.116. The van der Waals surface area contributed by atoms with E-state index in [4.69, 9.17) is 27.2 Å². The number of nitrogens with two attached hydrogens (primary N) is 1. The van der Waals surface area contributed by atoms with Crippen LogP contribution >= 0.6 is 11.6 Å². The number of halogens is 3. The van der Waals surface area contributed by atoms with Gasteiger partial charge in [-0.25, -0.2) is 9.50 Å². The van der Waals surface area contributed by atoms with Crippen LogP contribution in [0, 0.1) is 0 Å². The molecule has 5 aromatic rings. The van der Waals surface area contributed by atoms with Gasteiger partial charge in [0.05, 0.1) is 11.7 Å². The number of nitrogens with one attached hydrogen (secondary N) is 1. The fourth-order valence-electron chi connectivity index (χ4n) is 5.86. The lowest BCUT2D eigenvalue weighted by atomic mass is 10.0. The first kappa shape index (κ1) is 32.1. The number of anilines is 2. The second-order valence-corrected chi connectivity index (χ2v) is 11.7. The summed E-state index contributed by atoms with van der Waals surface area (Å²) in [5.74, 6) is -0.584. The highest BCUT2D eigenvalue weighted by molar-refractivity contribution is 6.31. The molecule has 47 heavy (non-hydrogen) atoms. The van der Waals surface area contributed by atoms with Gasteiger partial charge in [0.15, 0.2) is 17.2 Å². The molecule has 1 aliphatic heterocycles. The fraction of sp³-hybridized carbons (Fsp3) is 0.303. The highest BCUT2D eigenvalue weighted by Gasteiger charge is 2.27. The van der Waals surface area contributed by atoms with E-state index in [1.54, 1.807) is 23.1 Å². The molecule has 1 aliphatic rings. The van der Waals surface area contributed by atoms with Gasteiger partial charge in [0, 0.05) is 54.3 Å². The molecule has 0 unspecified atom stereocenters. The Kier molecular flexibility index (Phi) is 9.73. The zero-order valence-corrected chi connectivity index (χ0v) is 26.1. The summed E-state index contributed by atoms with van der Waals surface area (Å²) in [6.45, 7) is -0.571. The Morgan fingerprint density at radius 3 is 2.62 bits per heavy atom. The molecule has 11 nitrogen and oxygen atoms in total. The van der Waals surface area contributed by atoms with Crippen LogP contribution in [0.1, 0.15) is 58.9 Å². The van der Waals surface area contributed by atoms with Crippen molar-refractivity contribution in [3.8, 4) is 17.0 Å². The number of nitrogens with zero attached hydrogens (tertiary/aromatic N) is 6. The van der Waals surface area contributed by atoms with E-state index in [9.17, 15) is 18.4 Å². The molecule has 1 amide bonds. The van der Waals surface area contributed by atoms with Gasteiger partial charge in [0.25, 0.3) is 5.91 Å². The average Bonchev–Trinajstić information content (AvgIpc) is 3.64. The van der Waals surface area contributed by atoms with Crippen molar-refractivity contribution in [1.82, 2.24) is 29.3 Å². The number of benzene rings is 2. The van der Waals surface area contributed by atoms with Crippen molar-refractivity contribution in [1.29, 1.82) is 0 Å². The predicted molar refractivity (Wildman–Crippen MR) is 174 cm³/mol. The zero-order chi connectivity index (χ0) is 32.9. The first-order valence-electron chi connectivity index (χ1n) is 15.3. The van der Waals surface area contributed by atoms with Gasteiger partial charge in [-0.05, 0) is 56.5 Å². The first-order valence-corrected chi connectivity index (χ1v) is 15.7. The van der Waals surface area contributed by atoms with E-state index in [0.717, 1.165) is 50.9 Å². The van der Waals surface area contributed by atoms with Crippen molar-refractivity contribution in [2.24, 2.45) is 0 Å². The molecule has 3 N–H and O–H groups in total. The lowest BCUT2D eigenvalue weighted by Crippen LogP contribution is -2.35. The molecule has 2 aromatic carbocycles. The highest BCUT2D eigenvalue weighted by Crippen LogP contribution is 2.38. The third-order valence-electron chi connectivity index (χ3n) is 8.20. The van der Waals surface area contributed by atoms with E-state index >= 15 is 0 Å². The Morgan fingerprint density at radius 2 is 1.85 bits per heavy atom. The number of alkyl halides is 2. The Hall–Kier alpha value is -4.88. The molecule has 1 saturated heterocycles. The number of hydrogen-bond acceptors (Lipinski definition) is 8.